The molecule has 0 saturated carbocycles. The van der Waals surface area contributed by atoms with Crippen LogP contribution in [0.2, 0.25) is 0 Å². The summed E-state index contributed by atoms with van der Waals surface area (Å²) in [4.78, 5) is 32.5. The Balaban J connectivity index is 1.28. The first-order chi connectivity index (χ1) is 15.8. The van der Waals surface area contributed by atoms with Gasteiger partial charge in [0.25, 0.3) is 5.91 Å². The van der Waals surface area contributed by atoms with Crippen LogP contribution >= 0.6 is 0 Å². The Morgan fingerprint density at radius 2 is 1.64 bits per heavy atom. The average molecular weight is 458 g/mol. The van der Waals surface area contributed by atoms with Gasteiger partial charge in [0.15, 0.2) is 11.6 Å². The highest BCUT2D eigenvalue weighted by Crippen LogP contribution is 2.20. The van der Waals surface area contributed by atoms with E-state index in [1.807, 2.05) is 0 Å². The first kappa shape index (κ1) is 22.5. The summed E-state index contributed by atoms with van der Waals surface area (Å²) in [5, 5.41) is 3.89. The monoisotopic (exact) mass is 458 g/mol. The predicted octanol–water partition coefficient (Wildman–Crippen LogP) is 3.38. The van der Waals surface area contributed by atoms with Gasteiger partial charge >= 0.3 is 0 Å². The second kappa shape index (κ2) is 9.43. The van der Waals surface area contributed by atoms with Crippen LogP contribution in [0.5, 0.6) is 0 Å². The van der Waals surface area contributed by atoms with E-state index in [1.165, 1.54) is 17.0 Å². The maximum atomic E-state index is 13.4. The maximum Gasteiger partial charge on any atom is 0.254 e. The van der Waals surface area contributed by atoms with Gasteiger partial charge < -0.3 is 14.3 Å². The fourth-order valence-electron chi connectivity index (χ4n) is 3.60. The van der Waals surface area contributed by atoms with Crippen molar-refractivity contribution in [2.24, 2.45) is 0 Å². The van der Waals surface area contributed by atoms with Gasteiger partial charge in [0, 0.05) is 50.1 Å². The molecule has 4 rings (SSSR count). The lowest BCUT2D eigenvalue weighted by molar-refractivity contribution is -0.132. The molecule has 2 amide bonds. The molecule has 0 N–H and O–H groups in total. The van der Waals surface area contributed by atoms with Crippen LogP contribution in [0, 0.1) is 24.4 Å². The minimum atomic E-state index is -1.08. The van der Waals surface area contributed by atoms with E-state index in [4.69, 9.17) is 4.52 Å². The lowest BCUT2D eigenvalue weighted by atomic mass is 10.1. The molecule has 1 aliphatic heterocycles. The van der Waals surface area contributed by atoms with Crippen LogP contribution in [0.1, 0.15) is 28.2 Å². The molecule has 172 valence electrons. The fourth-order valence-corrected chi connectivity index (χ4v) is 3.60. The molecule has 10 heteroatoms. The number of hydrogen-bond donors (Lipinski definition) is 0. The first-order valence-electron chi connectivity index (χ1n) is 10.4. The highest BCUT2D eigenvalue weighted by atomic mass is 19.2. The third kappa shape index (κ3) is 5.05. The lowest BCUT2D eigenvalue weighted by Gasteiger charge is -2.34. The number of hydrogen-bond acceptors (Lipinski definition) is 5. The predicted molar refractivity (Wildman–Crippen MR) is 112 cm³/mol. The summed E-state index contributed by atoms with van der Waals surface area (Å²) in [5.74, 6) is -2.31. The molecule has 1 aromatic heterocycles. The molecule has 0 radical (unpaired) electrons. The fraction of sp³-hybridized carbons (Fsp3) is 0.304. The Morgan fingerprint density at radius 1 is 0.939 bits per heavy atom. The maximum absolute atomic E-state index is 13.4. The minimum absolute atomic E-state index is 0.0669. The van der Waals surface area contributed by atoms with E-state index in [0.29, 0.717) is 35.9 Å². The Labute approximate surface area is 187 Å². The van der Waals surface area contributed by atoms with Crippen molar-refractivity contribution >= 4 is 11.8 Å². The SMILES string of the molecule is Cc1cc(-c2noc(CCC(=O)N3CCN(C(=O)c4ccc(F)c(F)c4)CC3)n2)ccc1F. The Kier molecular flexibility index (Phi) is 6.43. The zero-order valence-electron chi connectivity index (χ0n) is 17.9. The van der Waals surface area contributed by atoms with Crippen molar-refractivity contribution in [3.63, 3.8) is 0 Å². The Morgan fingerprint density at radius 3 is 2.33 bits per heavy atom. The molecule has 7 nitrogen and oxygen atoms in total. The van der Waals surface area contributed by atoms with Crippen LogP contribution < -0.4 is 0 Å². The van der Waals surface area contributed by atoms with Crippen molar-refractivity contribution in [3.8, 4) is 11.4 Å². The van der Waals surface area contributed by atoms with Crippen LogP contribution in [0.3, 0.4) is 0 Å². The molecule has 0 aliphatic carbocycles. The van der Waals surface area contributed by atoms with Crippen LogP contribution in [-0.2, 0) is 11.2 Å². The average Bonchev–Trinajstić information content (AvgIpc) is 3.30. The van der Waals surface area contributed by atoms with E-state index < -0.39 is 17.5 Å². The van der Waals surface area contributed by atoms with Gasteiger partial charge in [-0.3, -0.25) is 9.59 Å². The van der Waals surface area contributed by atoms with Crippen LogP contribution in [0.4, 0.5) is 13.2 Å². The normalized spacial score (nSPS) is 13.9. The summed E-state index contributed by atoms with van der Waals surface area (Å²) >= 11 is 0. The number of carbonyl (C=O) groups is 2. The molecule has 2 heterocycles. The molecule has 3 aromatic rings. The number of nitrogens with zero attached hydrogens (tertiary/aromatic N) is 4. The van der Waals surface area contributed by atoms with Crippen molar-refractivity contribution in [1.82, 2.24) is 19.9 Å². The highest BCUT2D eigenvalue weighted by molar-refractivity contribution is 5.94. The van der Waals surface area contributed by atoms with Crippen molar-refractivity contribution in [3.05, 3.63) is 70.9 Å². The molecule has 2 aromatic carbocycles. The summed E-state index contributed by atoms with van der Waals surface area (Å²) in [5.41, 5.74) is 1.16. The molecular weight excluding hydrogens is 437 g/mol. The molecule has 0 unspecified atom stereocenters. The molecule has 0 bridgehead atoms. The topological polar surface area (TPSA) is 79.5 Å². The smallest absolute Gasteiger partial charge is 0.254 e. The van der Waals surface area contributed by atoms with E-state index >= 15 is 0 Å². The number of aromatic nitrogens is 2. The van der Waals surface area contributed by atoms with Crippen molar-refractivity contribution < 1.29 is 27.3 Å². The van der Waals surface area contributed by atoms with E-state index in [9.17, 15) is 22.8 Å². The van der Waals surface area contributed by atoms with E-state index in [1.54, 1.807) is 24.0 Å². The minimum Gasteiger partial charge on any atom is -0.339 e. The number of amides is 2. The van der Waals surface area contributed by atoms with Gasteiger partial charge in [-0.05, 0) is 48.9 Å². The summed E-state index contributed by atoms with van der Waals surface area (Å²) < 4.78 is 45.1. The van der Waals surface area contributed by atoms with Gasteiger partial charge in [-0.25, -0.2) is 13.2 Å². The zero-order valence-corrected chi connectivity index (χ0v) is 17.9. The van der Waals surface area contributed by atoms with E-state index in [-0.39, 0.29) is 43.2 Å². The third-order valence-corrected chi connectivity index (χ3v) is 5.52. The lowest BCUT2D eigenvalue weighted by Crippen LogP contribution is -2.50. The van der Waals surface area contributed by atoms with Crippen LogP contribution in [-0.4, -0.2) is 57.9 Å². The number of carbonyl (C=O) groups excluding carboxylic acids is 2. The molecule has 0 spiro atoms. The van der Waals surface area contributed by atoms with E-state index in [0.717, 1.165) is 12.1 Å². The van der Waals surface area contributed by atoms with Gasteiger partial charge in [0.2, 0.25) is 17.6 Å². The van der Waals surface area contributed by atoms with Crippen molar-refractivity contribution in [1.29, 1.82) is 0 Å². The molecule has 33 heavy (non-hydrogen) atoms. The van der Waals surface area contributed by atoms with Crippen molar-refractivity contribution in [2.75, 3.05) is 26.2 Å². The standard InChI is InChI=1S/C23H21F3N4O3/c1-14-12-15(2-4-17(14)24)22-27-20(33-28-22)6-7-21(31)29-8-10-30(11-9-29)23(32)16-3-5-18(25)19(26)13-16/h2-5,12-13H,6-11H2,1H3. The molecule has 0 atom stereocenters. The molecule has 1 saturated heterocycles. The van der Waals surface area contributed by atoms with Crippen LogP contribution in [0.15, 0.2) is 40.9 Å². The zero-order chi connectivity index (χ0) is 23.5. The second-order valence-electron chi connectivity index (χ2n) is 7.78. The number of piperazine rings is 1. The van der Waals surface area contributed by atoms with Gasteiger partial charge in [-0.15, -0.1) is 0 Å². The first-order valence-corrected chi connectivity index (χ1v) is 10.4. The number of aryl methyl sites for hydroxylation is 2. The quantitative estimate of drug-likeness (QED) is 0.586. The van der Waals surface area contributed by atoms with Crippen molar-refractivity contribution in [2.45, 2.75) is 19.8 Å². The number of benzene rings is 2. The number of halogens is 3. The second-order valence-corrected chi connectivity index (χ2v) is 7.78. The van der Waals surface area contributed by atoms with E-state index in [2.05, 4.69) is 10.1 Å². The summed E-state index contributed by atoms with van der Waals surface area (Å²) in [6.45, 7) is 2.89. The van der Waals surface area contributed by atoms with Gasteiger partial charge in [0.05, 0.1) is 0 Å². The van der Waals surface area contributed by atoms with Gasteiger partial charge in [0.1, 0.15) is 5.82 Å². The molecule has 1 fully saturated rings. The molecule has 1 aliphatic rings. The summed E-state index contributed by atoms with van der Waals surface area (Å²) in [6.07, 6.45) is 0.404. The number of rotatable bonds is 5. The van der Waals surface area contributed by atoms with Gasteiger partial charge in [-0.1, -0.05) is 5.16 Å². The highest BCUT2D eigenvalue weighted by Gasteiger charge is 2.25. The Bertz CT molecular complexity index is 1190. The largest absolute Gasteiger partial charge is 0.339 e. The summed E-state index contributed by atoms with van der Waals surface area (Å²) in [6, 6.07) is 7.55. The Hall–Kier alpha value is -3.69. The molecular formula is C23H21F3N4O3. The van der Waals surface area contributed by atoms with Gasteiger partial charge in [-0.2, -0.15) is 4.98 Å². The van der Waals surface area contributed by atoms with Crippen LogP contribution in [0.25, 0.3) is 11.4 Å². The third-order valence-electron chi connectivity index (χ3n) is 5.52. The summed E-state index contributed by atoms with van der Waals surface area (Å²) in [7, 11) is 0.